The average Bonchev–Trinajstić information content (AvgIpc) is 3.27. The molecular weight excluding hydrogens is 465 g/mol. The van der Waals surface area contributed by atoms with Crippen molar-refractivity contribution in [1.82, 2.24) is 4.98 Å². The van der Waals surface area contributed by atoms with Crippen LogP contribution in [0.15, 0.2) is 53.2 Å². The Hall–Kier alpha value is -2.14. The second-order valence-corrected chi connectivity index (χ2v) is 9.78. The van der Waals surface area contributed by atoms with Crippen LogP contribution in [0.3, 0.4) is 0 Å². The summed E-state index contributed by atoms with van der Waals surface area (Å²) in [6.07, 6.45) is 0. The van der Waals surface area contributed by atoms with E-state index in [0.717, 1.165) is 26.7 Å². The van der Waals surface area contributed by atoms with Gasteiger partial charge in [-0.15, -0.1) is 22.7 Å². The van der Waals surface area contributed by atoms with Crippen LogP contribution in [0.25, 0.3) is 31.9 Å². The lowest BCUT2D eigenvalue weighted by Crippen LogP contribution is -2.29. The molecule has 2 heterocycles. The Morgan fingerprint density at radius 3 is 2.48 bits per heavy atom. The van der Waals surface area contributed by atoms with Gasteiger partial charge < -0.3 is 0 Å². The first kappa shape index (κ1) is 20.1. The molecule has 0 saturated carbocycles. The molecule has 0 fully saturated rings. The molecule has 4 rings (SSSR count). The zero-order chi connectivity index (χ0) is 20.8. The molecule has 0 unspecified atom stereocenters. The summed E-state index contributed by atoms with van der Waals surface area (Å²) in [5, 5.41) is 5.77. The second-order valence-electron chi connectivity index (χ2n) is 5.93. The standard InChI is InChI=1S/C18H10ClF3N2O2S3/c19-14-7-10(24-29(25,26)18(20,21)22)5-6-12(14)15-9-28-17(23-15)13-8-27-16-4-2-1-3-11(13)16/h1-9,24H. The predicted octanol–water partition coefficient (Wildman–Crippen LogP) is 6.61. The van der Waals surface area contributed by atoms with Gasteiger partial charge in [-0.3, -0.25) is 4.72 Å². The van der Waals surface area contributed by atoms with Crippen molar-refractivity contribution < 1.29 is 21.6 Å². The Morgan fingerprint density at radius 1 is 1.00 bits per heavy atom. The fourth-order valence-electron chi connectivity index (χ4n) is 2.66. The Bertz CT molecular complexity index is 1310. The van der Waals surface area contributed by atoms with E-state index in [4.69, 9.17) is 11.6 Å². The quantitative estimate of drug-likeness (QED) is 0.362. The first-order valence-electron chi connectivity index (χ1n) is 7.97. The van der Waals surface area contributed by atoms with E-state index in [-0.39, 0.29) is 10.7 Å². The lowest BCUT2D eigenvalue weighted by molar-refractivity contribution is -0.0429. The fraction of sp³-hybridized carbons (Fsp3) is 0.0556. The van der Waals surface area contributed by atoms with Crippen LogP contribution in [-0.4, -0.2) is 18.9 Å². The van der Waals surface area contributed by atoms with Gasteiger partial charge in [-0.2, -0.15) is 21.6 Å². The summed E-state index contributed by atoms with van der Waals surface area (Å²) >= 11 is 9.22. The summed E-state index contributed by atoms with van der Waals surface area (Å²) in [6, 6.07) is 11.7. The number of thiophene rings is 1. The van der Waals surface area contributed by atoms with Crippen molar-refractivity contribution in [2.75, 3.05) is 4.72 Å². The van der Waals surface area contributed by atoms with E-state index in [9.17, 15) is 21.6 Å². The SMILES string of the molecule is O=S(=O)(Nc1ccc(-c2csc(-c3csc4ccccc34)n2)c(Cl)c1)C(F)(F)F. The van der Waals surface area contributed by atoms with Gasteiger partial charge in [0, 0.05) is 32.0 Å². The molecule has 11 heteroatoms. The highest BCUT2D eigenvalue weighted by Crippen LogP contribution is 2.39. The minimum absolute atomic E-state index is 0.0828. The molecule has 0 aliphatic heterocycles. The van der Waals surface area contributed by atoms with Gasteiger partial charge in [0.1, 0.15) is 5.01 Å². The van der Waals surface area contributed by atoms with Crippen molar-refractivity contribution in [3.05, 3.63) is 58.2 Å². The summed E-state index contributed by atoms with van der Waals surface area (Å²) in [7, 11) is -5.51. The molecule has 0 spiro atoms. The van der Waals surface area contributed by atoms with Gasteiger partial charge in [0.15, 0.2) is 0 Å². The van der Waals surface area contributed by atoms with Crippen LogP contribution < -0.4 is 4.72 Å². The molecule has 150 valence electrons. The third-order valence-electron chi connectivity index (χ3n) is 4.02. The van der Waals surface area contributed by atoms with Crippen LogP contribution in [0.1, 0.15) is 0 Å². The lowest BCUT2D eigenvalue weighted by atomic mass is 10.1. The summed E-state index contributed by atoms with van der Waals surface area (Å²) in [5.74, 6) is 0. The van der Waals surface area contributed by atoms with Crippen molar-refractivity contribution in [3.63, 3.8) is 0 Å². The molecule has 2 aromatic carbocycles. The number of thiazole rings is 1. The summed E-state index contributed by atoms with van der Waals surface area (Å²) in [4.78, 5) is 4.60. The van der Waals surface area contributed by atoms with E-state index < -0.39 is 15.5 Å². The topological polar surface area (TPSA) is 59.1 Å². The van der Waals surface area contributed by atoms with Crippen molar-refractivity contribution in [2.45, 2.75) is 5.51 Å². The smallest absolute Gasteiger partial charge is 0.276 e. The fourth-order valence-corrected chi connectivity index (χ4v) is 5.36. The average molecular weight is 475 g/mol. The molecule has 0 atom stereocenters. The number of halogens is 4. The maximum atomic E-state index is 12.5. The molecule has 0 bridgehead atoms. The Labute approximate surface area is 176 Å². The minimum atomic E-state index is -5.51. The van der Waals surface area contributed by atoms with Crippen LogP contribution in [0.5, 0.6) is 0 Å². The van der Waals surface area contributed by atoms with Crippen molar-refractivity contribution >= 4 is 60.1 Å². The largest absolute Gasteiger partial charge is 0.516 e. The van der Waals surface area contributed by atoms with Crippen molar-refractivity contribution in [2.24, 2.45) is 0 Å². The number of aromatic nitrogens is 1. The van der Waals surface area contributed by atoms with Crippen LogP contribution in [-0.2, 0) is 10.0 Å². The van der Waals surface area contributed by atoms with Gasteiger partial charge >= 0.3 is 15.5 Å². The van der Waals surface area contributed by atoms with Crippen LogP contribution in [0.4, 0.5) is 18.9 Å². The van der Waals surface area contributed by atoms with Gasteiger partial charge in [0.25, 0.3) is 0 Å². The third kappa shape index (κ3) is 3.85. The Balaban J connectivity index is 1.65. The normalized spacial score (nSPS) is 12.4. The van der Waals surface area contributed by atoms with Crippen molar-refractivity contribution in [3.8, 4) is 21.8 Å². The molecule has 1 N–H and O–H groups in total. The first-order chi connectivity index (χ1) is 13.7. The number of fused-ring (bicyclic) bond motifs is 1. The molecule has 0 amide bonds. The second kappa shape index (κ2) is 7.28. The summed E-state index contributed by atoms with van der Waals surface area (Å²) in [6.45, 7) is 0. The van der Waals surface area contributed by atoms with E-state index in [1.165, 1.54) is 28.2 Å². The molecule has 0 aliphatic rings. The summed E-state index contributed by atoms with van der Waals surface area (Å²) < 4.78 is 62.7. The number of hydrogen-bond donors (Lipinski definition) is 1. The number of benzene rings is 2. The number of anilines is 1. The summed E-state index contributed by atoms with van der Waals surface area (Å²) in [5.41, 5.74) is -3.66. The Morgan fingerprint density at radius 2 is 1.76 bits per heavy atom. The maximum absolute atomic E-state index is 12.5. The first-order valence-corrected chi connectivity index (χ1v) is 11.6. The zero-order valence-electron chi connectivity index (χ0n) is 14.2. The van der Waals surface area contributed by atoms with E-state index in [2.05, 4.69) is 4.98 Å². The maximum Gasteiger partial charge on any atom is 0.516 e. The molecular formula is C18H10ClF3N2O2S3. The monoisotopic (exact) mass is 474 g/mol. The molecule has 2 aromatic heterocycles. The molecule has 4 aromatic rings. The van der Waals surface area contributed by atoms with Gasteiger partial charge in [-0.05, 0) is 24.3 Å². The lowest BCUT2D eigenvalue weighted by Gasteiger charge is -2.11. The molecule has 0 aliphatic carbocycles. The van der Waals surface area contributed by atoms with E-state index in [0.29, 0.717) is 11.3 Å². The third-order valence-corrected chi connectivity index (χ3v) is 7.28. The molecule has 29 heavy (non-hydrogen) atoms. The van der Waals surface area contributed by atoms with E-state index in [1.54, 1.807) is 16.7 Å². The molecule has 4 nitrogen and oxygen atoms in total. The molecule has 0 radical (unpaired) electrons. The van der Waals surface area contributed by atoms with Gasteiger partial charge in [0.05, 0.1) is 16.4 Å². The minimum Gasteiger partial charge on any atom is -0.276 e. The zero-order valence-corrected chi connectivity index (χ0v) is 17.4. The number of nitrogens with zero attached hydrogens (tertiary/aromatic N) is 1. The molecule has 0 saturated heterocycles. The number of alkyl halides is 3. The highest BCUT2D eigenvalue weighted by molar-refractivity contribution is 7.93. The van der Waals surface area contributed by atoms with E-state index in [1.807, 2.05) is 29.6 Å². The van der Waals surface area contributed by atoms with Gasteiger partial charge in [-0.25, -0.2) is 4.98 Å². The number of hydrogen-bond acceptors (Lipinski definition) is 5. The Kier molecular flexibility index (Phi) is 5.06. The van der Waals surface area contributed by atoms with Crippen LogP contribution in [0.2, 0.25) is 5.02 Å². The van der Waals surface area contributed by atoms with Gasteiger partial charge in [0.2, 0.25) is 0 Å². The highest BCUT2D eigenvalue weighted by atomic mass is 35.5. The highest BCUT2D eigenvalue weighted by Gasteiger charge is 2.46. The number of sulfonamides is 1. The van der Waals surface area contributed by atoms with E-state index >= 15 is 0 Å². The number of rotatable bonds is 4. The van der Waals surface area contributed by atoms with Crippen molar-refractivity contribution in [1.29, 1.82) is 0 Å². The number of nitrogens with one attached hydrogen (secondary N) is 1. The van der Waals surface area contributed by atoms with Crippen LogP contribution in [0, 0.1) is 0 Å². The van der Waals surface area contributed by atoms with Crippen LogP contribution >= 0.6 is 34.3 Å². The van der Waals surface area contributed by atoms with Gasteiger partial charge in [-0.1, -0.05) is 29.8 Å². The predicted molar refractivity (Wildman–Crippen MR) is 112 cm³/mol.